The van der Waals surface area contributed by atoms with Crippen LogP contribution in [-0.2, 0) is 17.6 Å². The summed E-state index contributed by atoms with van der Waals surface area (Å²) >= 11 is 0. The number of hydrogen-bond acceptors (Lipinski definition) is 3. The van der Waals surface area contributed by atoms with Crippen LogP contribution in [-0.4, -0.2) is 29.3 Å². The molecule has 0 saturated carbocycles. The van der Waals surface area contributed by atoms with Gasteiger partial charge in [-0.2, -0.15) is 13.2 Å². The number of hydrogen-bond donors (Lipinski definition) is 0. The van der Waals surface area contributed by atoms with E-state index in [1.54, 1.807) is 12.1 Å². The summed E-state index contributed by atoms with van der Waals surface area (Å²) in [6, 6.07) is 5.37. The van der Waals surface area contributed by atoms with E-state index in [2.05, 4.69) is 10.1 Å². The van der Waals surface area contributed by atoms with Gasteiger partial charge in [0.05, 0.1) is 11.3 Å². The predicted octanol–water partition coefficient (Wildman–Crippen LogP) is 3.45. The van der Waals surface area contributed by atoms with E-state index >= 15 is 0 Å². The Bertz CT molecular complexity index is 553. The predicted molar refractivity (Wildman–Crippen MR) is 72.9 cm³/mol. The molecule has 6 heteroatoms. The van der Waals surface area contributed by atoms with Gasteiger partial charge in [0.2, 0.25) is 0 Å². The summed E-state index contributed by atoms with van der Waals surface area (Å²) in [5.41, 5.74) is 1.07. The van der Waals surface area contributed by atoms with E-state index < -0.39 is 11.7 Å². The minimum atomic E-state index is -4.28. The van der Waals surface area contributed by atoms with Gasteiger partial charge in [0, 0.05) is 32.5 Å². The third-order valence-electron chi connectivity index (χ3n) is 4.06. The van der Waals surface area contributed by atoms with Crippen molar-refractivity contribution in [1.82, 2.24) is 4.90 Å². The standard InChI is InChI=1S/C15H17F3N2O/c1-11-8-14(21-19-11)6-7-20(10-14)9-12-2-4-13(5-3-12)15(16,17)18/h2-5H,6-10H2,1H3. The van der Waals surface area contributed by atoms with Gasteiger partial charge in [-0.1, -0.05) is 17.3 Å². The van der Waals surface area contributed by atoms with E-state index in [-0.39, 0.29) is 5.60 Å². The first-order valence-corrected chi connectivity index (χ1v) is 6.97. The molecule has 0 N–H and O–H groups in total. The van der Waals surface area contributed by atoms with Gasteiger partial charge < -0.3 is 4.84 Å². The van der Waals surface area contributed by atoms with Crippen LogP contribution < -0.4 is 0 Å². The van der Waals surface area contributed by atoms with E-state index in [0.29, 0.717) is 6.54 Å². The second-order valence-corrected chi connectivity index (χ2v) is 5.93. The van der Waals surface area contributed by atoms with Gasteiger partial charge in [-0.15, -0.1) is 0 Å². The van der Waals surface area contributed by atoms with Crippen molar-refractivity contribution in [3.63, 3.8) is 0 Å². The Morgan fingerprint density at radius 2 is 2.00 bits per heavy atom. The quantitative estimate of drug-likeness (QED) is 0.835. The van der Waals surface area contributed by atoms with Crippen LogP contribution in [0.2, 0.25) is 0 Å². The van der Waals surface area contributed by atoms with Crippen LogP contribution in [0.4, 0.5) is 13.2 Å². The van der Waals surface area contributed by atoms with Gasteiger partial charge in [-0.25, -0.2) is 0 Å². The average Bonchev–Trinajstić information content (AvgIpc) is 2.96. The van der Waals surface area contributed by atoms with Crippen molar-refractivity contribution >= 4 is 5.71 Å². The molecular weight excluding hydrogens is 281 g/mol. The zero-order valence-electron chi connectivity index (χ0n) is 11.8. The zero-order chi connectivity index (χ0) is 15.1. The number of nitrogens with zero attached hydrogens (tertiary/aromatic N) is 2. The Kier molecular flexibility index (Phi) is 3.43. The summed E-state index contributed by atoms with van der Waals surface area (Å²) in [4.78, 5) is 7.75. The molecule has 0 aromatic heterocycles. The summed E-state index contributed by atoms with van der Waals surface area (Å²) in [5, 5.41) is 4.02. The molecule has 2 aliphatic heterocycles. The van der Waals surface area contributed by atoms with Crippen molar-refractivity contribution < 1.29 is 18.0 Å². The van der Waals surface area contributed by atoms with E-state index in [1.165, 1.54) is 0 Å². The summed E-state index contributed by atoms with van der Waals surface area (Å²) in [6.07, 6.45) is -2.52. The average molecular weight is 298 g/mol. The zero-order valence-corrected chi connectivity index (χ0v) is 11.8. The maximum absolute atomic E-state index is 12.5. The van der Waals surface area contributed by atoms with Crippen LogP contribution in [0.15, 0.2) is 29.4 Å². The molecule has 3 rings (SSSR count). The molecule has 1 aromatic carbocycles. The Hall–Kier alpha value is -1.56. The molecule has 0 bridgehead atoms. The maximum atomic E-state index is 12.5. The van der Waals surface area contributed by atoms with Crippen LogP contribution >= 0.6 is 0 Å². The first-order valence-electron chi connectivity index (χ1n) is 6.97. The van der Waals surface area contributed by atoms with Crippen molar-refractivity contribution in [2.24, 2.45) is 5.16 Å². The van der Waals surface area contributed by atoms with Gasteiger partial charge >= 0.3 is 6.18 Å². The molecule has 2 heterocycles. The van der Waals surface area contributed by atoms with Crippen LogP contribution in [0.3, 0.4) is 0 Å². The fraction of sp³-hybridized carbons (Fsp3) is 0.533. The van der Waals surface area contributed by atoms with E-state index in [9.17, 15) is 13.2 Å². The molecule has 0 aliphatic carbocycles. The summed E-state index contributed by atoms with van der Waals surface area (Å²) < 4.78 is 37.6. The molecule has 1 atom stereocenters. The molecule has 0 radical (unpaired) electrons. The van der Waals surface area contributed by atoms with Crippen molar-refractivity contribution in [3.05, 3.63) is 35.4 Å². The number of alkyl halides is 3. The Labute approximate surface area is 121 Å². The second kappa shape index (κ2) is 5.02. The van der Waals surface area contributed by atoms with E-state index in [0.717, 1.165) is 49.3 Å². The number of halogens is 3. The lowest BCUT2D eigenvalue weighted by Gasteiger charge is -2.21. The SMILES string of the molecule is CC1=NOC2(CCN(Cc3ccc(C(F)(F)F)cc3)C2)C1. The Morgan fingerprint density at radius 3 is 2.57 bits per heavy atom. The molecule has 0 amide bonds. The van der Waals surface area contributed by atoms with Gasteiger partial charge in [0.25, 0.3) is 0 Å². The molecular formula is C15H17F3N2O. The highest BCUT2D eigenvalue weighted by Crippen LogP contribution is 2.34. The molecule has 1 spiro atoms. The monoisotopic (exact) mass is 298 g/mol. The van der Waals surface area contributed by atoms with Crippen molar-refractivity contribution in [1.29, 1.82) is 0 Å². The van der Waals surface area contributed by atoms with Gasteiger partial charge in [0.15, 0.2) is 5.60 Å². The largest absolute Gasteiger partial charge is 0.416 e. The first-order chi connectivity index (χ1) is 9.86. The molecule has 2 aliphatic rings. The molecule has 21 heavy (non-hydrogen) atoms. The van der Waals surface area contributed by atoms with Gasteiger partial charge in [-0.3, -0.25) is 4.90 Å². The second-order valence-electron chi connectivity index (χ2n) is 5.93. The molecule has 3 nitrogen and oxygen atoms in total. The fourth-order valence-electron chi connectivity index (χ4n) is 3.04. The molecule has 1 saturated heterocycles. The van der Waals surface area contributed by atoms with E-state index in [4.69, 9.17) is 4.84 Å². The summed E-state index contributed by atoms with van der Waals surface area (Å²) in [6.45, 7) is 4.24. The lowest BCUT2D eigenvalue weighted by molar-refractivity contribution is -0.137. The summed E-state index contributed by atoms with van der Waals surface area (Å²) in [5.74, 6) is 0. The van der Waals surface area contributed by atoms with Crippen LogP contribution in [0, 0.1) is 0 Å². The third kappa shape index (κ3) is 3.05. The van der Waals surface area contributed by atoms with Gasteiger partial charge in [-0.05, 0) is 24.6 Å². The summed E-state index contributed by atoms with van der Waals surface area (Å²) in [7, 11) is 0. The highest BCUT2D eigenvalue weighted by atomic mass is 19.4. The number of benzene rings is 1. The highest BCUT2D eigenvalue weighted by Gasteiger charge is 2.44. The number of rotatable bonds is 2. The van der Waals surface area contributed by atoms with E-state index in [1.807, 2.05) is 6.92 Å². The van der Waals surface area contributed by atoms with Crippen LogP contribution in [0.5, 0.6) is 0 Å². The van der Waals surface area contributed by atoms with Crippen molar-refractivity contribution in [3.8, 4) is 0 Å². The lowest BCUT2D eigenvalue weighted by Crippen LogP contribution is -2.33. The normalized spacial score (nSPS) is 26.2. The third-order valence-corrected chi connectivity index (χ3v) is 4.06. The molecule has 1 fully saturated rings. The minimum absolute atomic E-state index is 0.212. The van der Waals surface area contributed by atoms with Crippen LogP contribution in [0.1, 0.15) is 30.9 Å². The first kappa shape index (κ1) is 14.4. The molecule has 1 aromatic rings. The minimum Gasteiger partial charge on any atom is -0.387 e. The maximum Gasteiger partial charge on any atom is 0.416 e. The van der Waals surface area contributed by atoms with Crippen molar-refractivity contribution in [2.45, 2.75) is 38.1 Å². The number of oxime groups is 1. The topological polar surface area (TPSA) is 24.8 Å². The molecule has 114 valence electrons. The van der Waals surface area contributed by atoms with Crippen molar-refractivity contribution in [2.75, 3.05) is 13.1 Å². The Balaban J connectivity index is 1.61. The number of likely N-dealkylation sites (tertiary alicyclic amines) is 1. The highest BCUT2D eigenvalue weighted by molar-refractivity contribution is 5.83. The Morgan fingerprint density at radius 1 is 1.29 bits per heavy atom. The smallest absolute Gasteiger partial charge is 0.387 e. The molecule has 1 unspecified atom stereocenters. The fourth-order valence-corrected chi connectivity index (χ4v) is 3.04. The van der Waals surface area contributed by atoms with Crippen LogP contribution in [0.25, 0.3) is 0 Å². The lowest BCUT2D eigenvalue weighted by atomic mass is 9.97. The van der Waals surface area contributed by atoms with Gasteiger partial charge in [0.1, 0.15) is 0 Å².